The molecule has 4 nitrogen and oxygen atoms in total. The van der Waals surface area contributed by atoms with Crippen LogP contribution in [-0.4, -0.2) is 23.5 Å². The first-order valence-electron chi connectivity index (χ1n) is 4.91. The lowest BCUT2D eigenvalue weighted by atomic mass is 10.1. The van der Waals surface area contributed by atoms with Gasteiger partial charge in [-0.25, -0.2) is 8.78 Å². The summed E-state index contributed by atoms with van der Waals surface area (Å²) in [5.74, 6) is -3.70. The maximum absolute atomic E-state index is 12.8. The summed E-state index contributed by atoms with van der Waals surface area (Å²) in [6.45, 7) is 0.178. The van der Waals surface area contributed by atoms with Crippen LogP contribution in [0.2, 0.25) is 0 Å². The van der Waals surface area contributed by atoms with Crippen LogP contribution in [0.1, 0.15) is 12.0 Å². The first-order valence-corrected chi connectivity index (χ1v) is 4.91. The molecule has 0 aliphatic rings. The number of carboxylic acids is 1. The molecular formula is C11H11F2NO3. The first-order chi connectivity index (χ1) is 7.99. The van der Waals surface area contributed by atoms with Crippen LogP contribution in [0.3, 0.4) is 0 Å². The molecule has 0 aromatic heterocycles. The number of hydrogen-bond acceptors (Lipinski definition) is 2. The lowest BCUT2D eigenvalue weighted by molar-refractivity contribution is -0.140. The number of aliphatic carboxylic acids is 1. The third-order valence-electron chi connectivity index (χ3n) is 2.03. The van der Waals surface area contributed by atoms with E-state index in [-0.39, 0.29) is 6.54 Å². The number of benzene rings is 1. The van der Waals surface area contributed by atoms with Crippen LogP contribution in [-0.2, 0) is 16.0 Å². The number of carboxylic acid groups (broad SMARTS) is 1. The molecule has 0 heterocycles. The zero-order chi connectivity index (χ0) is 12.8. The molecule has 2 N–H and O–H groups in total. The molecule has 1 amide bonds. The van der Waals surface area contributed by atoms with E-state index in [0.29, 0.717) is 12.0 Å². The normalized spacial score (nSPS) is 10.0. The summed E-state index contributed by atoms with van der Waals surface area (Å²) in [6.07, 6.45) is -0.291. The number of carbonyl (C=O) groups is 2. The highest BCUT2D eigenvalue weighted by Gasteiger charge is 2.07. The van der Waals surface area contributed by atoms with Gasteiger partial charge in [-0.3, -0.25) is 9.59 Å². The van der Waals surface area contributed by atoms with E-state index in [1.54, 1.807) is 0 Å². The lowest BCUT2D eigenvalue weighted by Crippen LogP contribution is -2.27. The Morgan fingerprint density at radius 1 is 1.24 bits per heavy atom. The largest absolute Gasteiger partial charge is 0.481 e. The number of carbonyl (C=O) groups excluding carboxylic acids is 1. The highest BCUT2D eigenvalue weighted by molar-refractivity contribution is 5.93. The highest BCUT2D eigenvalue weighted by atomic mass is 19.2. The number of amides is 1. The third-order valence-corrected chi connectivity index (χ3v) is 2.03. The van der Waals surface area contributed by atoms with Crippen LogP contribution in [0, 0.1) is 11.6 Å². The smallest absolute Gasteiger partial charge is 0.312 e. The molecule has 0 spiro atoms. The predicted molar refractivity (Wildman–Crippen MR) is 55.3 cm³/mol. The van der Waals surface area contributed by atoms with Gasteiger partial charge in [0, 0.05) is 6.54 Å². The quantitative estimate of drug-likeness (QED) is 0.761. The van der Waals surface area contributed by atoms with Gasteiger partial charge < -0.3 is 10.4 Å². The minimum atomic E-state index is -1.21. The minimum absolute atomic E-state index is 0.178. The summed E-state index contributed by atoms with van der Waals surface area (Å²) in [7, 11) is 0. The predicted octanol–water partition coefficient (Wildman–Crippen LogP) is 1.10. The Kier molecular flexibility index (Phi) is 4.56. The van der Waals surface area contributed by atoms with Crippen molar-refractivity contribution in [3.05, 3.63) is 35.4 Å². The standard InChI is InChI=1S/C11H11F2NO3/c12-8-2-1-7(5-9(8)13)3-4-14-10(15)6-11(16)17/h1-2,5H,3-4,6H2,(H,14,15)(H,16,17). The molecule has 92 valence electrons. The fourth-order valence-corrected chi connectivity index (χ4v) is 1.24. The SMILES string of the molecule is O=C(O)CC(=O)NCCc1ccc(F)c(F)c1. The fraction of sp³-hybridized carbons (Fsp3) is 0.273. The summed E-state index contributed by atoms with van der Waals surface area (Å²) in [5, 5.41) is 10.7. The van der Waals surface area contributed by atoms with Crippen molar-refractivity contribution in [1.82, 2.24) is 5.32 Å². The van der Waals surface area contributed by atoms with Gasteiger partial charge in [0.1, 0.15) is 6.42 Å². The highest BCUT2D eigenvalue weighted by Crippen LogP contribution is 2.08. The van der Waals surface area contributed by atoms with Gasteiger partial charge in [-0.15, -0.1) is 0 Å². The molecule has 17 heavy (non-hydrogen) atoms. The topological polar surface area (TPSA) is 66.4 Å². The van der Waals surface area contributed by atoms with Crippen LogP contribution < -0.4 is 5.32 Å². The van der Waals surface area contributed by atoms with E-state index in [1.807, 2.05) is 0 Å². The maximum atomic E-state index is 12.8. The first kappa shape index (κ1) is 13.1. The van der Waals surface area contributed by atoms with Crippen molar-refractivity contribution in [1.29, 1.82) is 0 Å². The summed E-state index contributed by atoms with van der Waals surface area (Å²) in [5.41, 5.74) is 0.527. The zero-order valence-electron chi connectivity index (χ0n) is 8.87. The van der Waals surface area contributed by atoms with Crippen molar-refractivity contribution in [2.24, 2.45) is 0 Å². The van der Waals surface area contributed by atoms with Gasteiger partial charge in [0.2, 0.25) is 5.91 Å². The van der Waals surface area contributed by atoms with E-state index in [4.69, 9.17) is 5.11 Å². The van der Waals surface area contributed by atoms with Crippen LogP contribution in [0.4, 0.5) is 8.78 Å². The van der Waals surface area contributed by atoms with Crippen molar-refractivity contribution in [3.63, 3.8) is 0 Å². The number of halogens is 2. The van der Waals surface area contributed by atoms with Crippen molar-refractivity contribution >= 4 is 11.9 Å². The van der Waals surface area contributed by atoms with Crippen molar-refractivity contribution < 1.29 is 23.5 Å². The van der Waals surface area contributed by atoms with Gasteiger partial charge in [-0.05, 0) is 24.1 Å². The molecule has 0 unspecified atom stereocenters. The van der Waals surface area contributed by atoms with E-state index in [1.165, 1.54) is 6.07 Å². The average molecular weight is 243 g/mol. The van der Waals surface area contributed by atoms with Crippen molar-refractivity contribution in [2.75, 3.05) is 6.54 Å². The third kappa shape index (κ3) is 4.58. The molecule has 0 bridgehead atoms. The van der Waals surface area contributed by atoms with E-state index in [0.717, 1.165) is 12.1 Å². The molecule has 6 heteroatoms. The Morgan fingerprint density at radius 3 is 2.53 bits per heavy atom. The monoisotopic (exact) mass is 243 g/mol. The Hall–Kier alpha value is -1.98. The zero-order valence-corrected chi connectivity index (χ0v) is 8.87. The summed E-state index contributed by atoms with van der Waals surface area (Å²) < 4.78 is 25.4. The van der Waals surface area contributed by atoms with Crippen molar-refractivity contribution in [3.8, 4) is 0 Å². The molecule has 0 atom stereocenters. The van der Waals surface area contributed by atoms with E-state index in [9.17, 15) is 18.4 Å². The minimum Gasteiger partial charge on any atom is -0.481 e. The van der Waals surface area contributed by atoms with Crippen LogP contribution >= 0.6 is 0 Å². The second kappa shape index (κ2) is 5.93. The fourth-order valence-electron chi connectivity index (χ4n) is 1.24. The van der Waals surface area contributed by atoms with Gasteiger partial charge >= 0.3 is 5.97 Å². The maximum Gasteiger partial charge on any atom is 0.312 e. The van der Waals surface area contributed by atoms with Crippen LogP contribution in [0.15, 0.2) is 18.2 Å². The summed E-state index contributed by atoms with van der Waals surface area (Å²) >= 11 is 0. The molecule has 0 aliphatic heterocycles. The van der Waals surface area contributed by atoms with Crippen LogP contribution in [0.25, 0.3) is 0 Å². The molecular weight excluding hydrogens is 232 g/mol. The van der Waals surface area contributed by atoms with E-state index >= 15 is 0 Å². The van der Waals surface area contributed by atoms with Gasteiger partial charge in [-0.1, -0.05) is 6.07 Å². The summed E-state index contributed by atoms with van der Waals surface area (Å²) in [4.78, 5) is 21.1. The molecule has 0 radical (unpaired) electrons. The van der Waals surface area contributed by atoms with Gasteiger partial charge in [0.15, 0.2) is 11.6 Å². The van der Waals surface area contributed by atoms with E-state index in [2.05, 4.69) is 5.32 Å². The molecule has 1 rings (SSSR count). The Balaban J connectivity index is 2.38. The molecule has 0 fully saturated rings. The molecule has 0 saturated carbocycles. The Bertz CT molecular complexity index is 435. The van der Waals surface area contributed by atoms with E-state index < -0.39 is 29.9 Å². The summed E-state index contributed by atoms with van der Waals surface area (Å²) in [6, 6.07) is 3.45. The number of rotatable bonds is 5. The molecule has 0 aliphatic carbocycles. The number of nitrogens with one attached hydrogen (secondary N) is 1. The van der Waals surface area contributed by atoms with Gasteiger partial charge in [-0.2, -0.15) is 0 Å². The molecule has 0 saturated heterocycles. The number of hydrogen-bond donors (Lipinski definition) is 2. The Labute approximate surface area is 96.3 Å². The van der Waals surface area contributed by atoms with Crippen LogP contribution in [0.5, 0.6) is 0 Å². The second-order valence-electron chi connectivity index (χ2n) is 3.42. The molecule has 1 aromatic carbocycles. The second-order valence-corrected chi connectivity index (χ2v) is 3.42. The van der Waals surface area contributed by atoms with Gasteiger partial charge in [0.25, 0.3) is 0 Å². The van der Waals surface area contributed by atoms with Gasteiger partial charge in [0.05, 0.1) is 0 Å². The lowest BCUT2D eigenvalue weighted by Gasteiger charge is -2.04. The Morgan fingerprint density at radius 2 is 1.94 bits per heavy atom. The van der Waals surface area contributed by atoms with Crippen molar-refractivity contribution in [2.45, 2.75) is 12.8 Å². The average Bonchev–Trinajstić information content (AvgIpc) is 2.22. The molecule has 1 aromatic rings.